The van der Waals surface area contributed by atoms with Crippen molar-refractivity contribution in [3.63, 3.8) is 0 Å². The van der Waals surface area contributed by atoms with Crippen molar-refractivity contribution >= 4 is 28.6 Å². The fraction of sp³-hybridized carbons (Fsp3) is 0.240. The largest absolute Gasteiger partial charge is 0.497 e. The van der Waals surface area contributed by atoms with Gasteiger partial charge in [-0.05, 0) is 44.2 Å². The molecule has 0 atom stereocenters. The standard InChI is InChI=1S/C25H26N4O4S/c1-15(2)12-26-25-29(28-16(3)19-8-7-18(31-4)11-23(19)32-5)21(14-34-25)17-6-9-22-20(10-17)27-24(30)13-33-22/h6-11,14H,1,12-13H2,2-5H3,(H,27,30)/b26-25?,28-16+. The number of hydrogen-bond acceptors (Lipinski definition) is 7. The summed E-state index contributed by atoms with van der Waals surface area (Å²) in [7, 11) is 3.23. The third kappa shape index (κ3) is 4.89. The van der Waals surface area contributed by atoms with Crippen LogP contribution in [0.4, 0.5) is 5.69 Å². The zero-order valence-corrected chi connectivity index (χ0v) is 20.4. The Morgan fingerprint density at radius 2 is 2.03 bits per heavy atom. The lowest BCUT2D eigenvalue weighted by molar-refractivity contribution is -0.118. The number of anilines is 1. The van der Waals surface area contributed by atoms with Gasteiger partial charge in [0.2, 0.25) is 4.80 Å². The molecule has 2 aromatic carbocycles. The molecule has 1 aliphatic rings. The topological polar surface area (TPSA) is 86.4 Å². The maximum absolute atomic E-state index is 11.8. The van der Waals surface area contributed by atoms with Crippen LogP contribution in [0.3, 0.4) is 0 Å². The number of thiazole rings is 1. The molecule has 176 valence electrons. The molecule has 1 amide bonds. The number of methoxy groups -OCH3 is 2. The number of carbonyl (C=O) groups excluding carboxylic acids is 1. The van der Waals surface area contributed by atoms with Crippen molar-refractivity contribution in [2.24, 2.45) is 10.1 Å². The monoisotopic (exact) mass is 478 g/mol. The Morgan fingerprint density at radius 1 is 1.21 bits per heavy atom. The molecular weight excluding hydrogens is 452 g/mol. The maximum Gasteiger partial charge on any atom is 0.262 e. The van der Waals surface area contributed by atoms with Crippen LogP contribution in [0.5, 0.6) is 17.2 Å². The molecule has 8 nitrogen and oxygen atoms in total. The van der Waals surface area contributed by atoms with E-state index in [2.05, 4.69) is 11.9 Å². The van der Waals surface area contributed by atoms with Crippen LogP contribution in [0, 0.1) is 0 Å². The number of aromatic nitrogens is 1. The van der Waals surface area contributed by atoms with Crippen LogP contribution in [-0.4, -0.2) is 43.7 Å². The average Bonchev–Trinajstić information content (AvgIpc) is 3.23. The summed E-state index contributed by atoms with van der Waals surface area (Å²) >= 11 is 1.48. The lowest BCUT2D eigenvalue weighted by Crippen LogP contribution is -2.25. The van der Waals surface area contributed by atoms with E-state index in [1.807, 2.05) is 55.6 Å². The zero-order valence-electron chi connectivity index (χ0n) is 19.5. The highest BCUT2D eigenvalue weighted by atomic mass is 32.1. The third-order valence-corrected chi connectivity index (χ3v) is 5.98. The van der Waals surface area contributed by atoms with Crippen LogP contribution in [0.2, 0.25) is 0 Å². The Bertz CT molecular complexity index is 1350. The van der Waals surface area contributed by atoms with Crippen molar-refractivity contribution in [3.05, 3.63) is 64.3 Å². The number of fused-ring (bicyclic) bond motifs is 1. The van der Waals surface area contributed by atoms with Crippen LogP contribution in [0.15, 0.2) is 64.0 Å². The second-order valence-electron chi connectivity index (χ2n) is 7.79. The molecule has 2 heterocycles. The van der Waals surface area contributed by atoms with Gasteiger partial charge in [0.15, 0.2) is 6.61 Å². The summed E-state index contributed by atoms with van der Waals surface area (Å²) in [5, 5.41) is 9.77. The maximum atomic E-state index is 11.8. The van der Waals surface area contributed by atoms with Crippen LogP contribution in [-0.2, 0) is 4.79 Å². The molecule has 0 spiro atoms. The third-order valence-electron chi connectivity index (χ3n) is 5.13. The van der Waals surface area contributed by atoms with Gasteiger partial charge in [-0.2, -0.15) is 5.10 Å². The average molecular weight is 479 g/mol. The summed E-state index contributed by atoms with van der Waals surface area (Å²) in [5.74, 6) is 1.82. The molecule has 0 radical (unpaired) electrons. The summed E-state index contributed by atoms with van der Waals surface area (Å²) in [6.07, 6.45) is 0. The van der Waals surface area contributed by atoms with Gasteiger partial charge in [0, 0.05) is 22.6 Å². The van der Waals surface area contributed by atoms with E-state index in [-0.39, 0.29) is 12.5 Å². The smallest absolute Gasteiger partial charge is 0.262 e. The summed E-state index contributed by atoms with van der Waals surface area (Å²) < 4.78 is 18.2. The predicted molar refractivity (Wildman–Crippen MR) is 134 cm³/mol. The number of hydrogen-bond donors (Lipinski definition) is 1. The van der Waals surface area contributed by atoms with Crippen LogP contribution >= 0.6 is 11.3 Å². The van der Waals surface area contributed by atoms with Gasteiger partial charge in [-0.3, -0.25) is 9.79 Å². The highest BCUT2D eigenvalue weighted by Crippen LogP contribution is 2.33. The van der Waals surface area contributed by atoms with Gasteiger partial charge in [-0.1, -0.05) is 12.2 Å². The van der Waals surface area contributed by atoms with Crippen LogP contribution < -0.4 is 24.3 Å². The number of ether oxygens (including phenoxy) is 3. The predicted octanol–water partition coefficient (Wildman–Crippen LogP) is 4.31. The van der Waals surface area contributed by atoms with Gasteiger partial charge in [-0.25, -0.2) is 4.68 Å². The quantitative estimate of drug-likeness (QED) is 0.405. The first kappa shape index (κ1) is 23.3. The molecule has 34 heavy (non-hydrogen) atoms. The molecule has 0 saturated carbocycles. The summed E-state index contributed by atoms with van der Waals surface area (Å²) in [4.78, 5) is 17.2. The number of nitrogens with zero attached hydrogens (tertiary/aromatic N) is 3. The van der Waals surface area contributed by atoms with Gasteiger partial charge in [-0.15, -0.1) is 11.3 Å². The molecule has 0 aliphatic carbocycles. The SMILES string of the molecule is C=C(C)CN=c1scc(-c2ccc3c(c2)NC(=O)CO3)n1/N=C(\C)c1ccc(OC)cc1OC. The van der Waals surface area contributed by atoms with Crippen molar-refractivity contribution in [2.45, 2.75) is 13.8 Å². The summed E-state index contributed by atoms with van der Waals surface area (Å²) in [5.41, 5.74) is 4.86. The minimum Gasteiger partial charge on any atom is -0.497 e. The molecule has 1 aliphatic heterocycles. The van der Waals surface area contributed by atoms with Crippen molar-refractivity contribution < 1.29 is 19.0 Å². The molecule has 0 unspecified atom stereocenters. The van der Waals surface area contributed by atoms with E-state index >= 15 is 0 Å². The van der Waals surface area contributed by atoms with Crippen LogP contribution in [0.1, 0.15) is 19.4 Å². The molecule has 0 saturated heterocycles. The van der Waals surface area contributed by atoms with E-state index < -0.39 is 0 Å². The molecule has 1 N–H and O–H groups in total. The Balaban J connectivity index is 1.84. The highest BCUT2D eigenvalue weighted by molar-refractivity contribution is 7.07. The Morgan fingerprint density at radius 3 is 2.76 bits per heavy atom. The lowest BCUT2D eigenvalue weighted by atomic mass is 10.1. The number of amides is 1. The van der Waals surface area contributed by atoms with Crippen molar-refractivity contribution in [1.82, 2.24) is 4.68 Å². The number of carbonyl (C=O) groups is 1. The van der Waals surface area contributed by atoms with Gasteiger partial charge in [0.1, 0.15) is 17.2 Å². The zero-order chi connectivity index (χ0) is 24.2. The Hall–Kier alpha value is -3.85. The first-order valence-electron chi connectivity index (χ1n) is 10.6. The second kappa shape index (κ2) is 9.96. The van der Waals surface area contributed by atoms with Crippen LogP contribution in [0.25, 0.3) is 11.3 Å². The van der Waals surface area contributed by atoms with Gasteiger partial charge in [0.05, 0.1) is 37.9 Å². The molecule has 4 rings (SSSR count). The first-order valence-corrected chi connectivity index (χ1v) is 11.5. The van der Waals surface area contributed by atoms with Crippen molar-refractivity contribution in [1.29, 1.82) is 0 Å². The molecule has 3 aromatic rings. The lowest BCUT2D eigenvalue weighted by Gasteiger charge is -2.18. The highest BCUT2D eigenvalue weighted by Gasteiger charge is 2.18. The van der Waals surface area contributed by atoms with E-state index in [4.69, 9.17) is 24.3 Å². The van der Waals surface area contributed by atoms with E-state index in [0.717, 1.165) is 32.9 Å². The molecular formula is C25H26N4O4S. The minimum atomic E-state index is -0.180. The number of benzene rings is 2. The minimum absolute atomic E-state index is 0.0158. The van der Waals surface area contributed by atoms with Crippen molar-refractivity contribution in [2.75, 3.05) is 32.7 Å². The number of rotatable bonds is 7. The van der Waals surface area contributed by atoms with E-state index in [1.165, 1.54) is 11.3 Å². The molecule has 0 bridgehead atoms. The van der Waals surface area contributed by atoms with E-state index in [1.54, 1.807) is 18.9 Å². The van der Waals surface area contributed by atoms with Gasteiger partial charge < -0.3 is 19.5 Å². The van der Waals surface area contributed by atoms with Gasteiger partial charge in [0.25, 0.3) is 5.91 Å². The molecule has 9 heteroatoms. The summed E-state index contributed by atoms with van der Waals surface area (Å²) in [6.45, 7) is 8.32. The fourth-order valence-electron chi connectivity index (χ4n) is 3.45. The summed E-state index contributed by atoms with van der Waals surface area (Å²) in [6, 6.07) is 11.3. The van der Waals surface area contributed by atoms with Gasteiger partial charge >= 0.3 is 0 Å². The molecule has 1 aromatic heterocycles. The number of nitrogens with one attached hydrogen (secondary N) is 1. The second-order valence-corrected chi connectivity index (χ2v) is 8.62. The Labute approximate surface area is 201 Å². The van der Waals surface area contributed by atoms with E-state index in [9.17, 15) is 4.79 Å². The van der Waals surface area contributed by atoms with E-state index in [0.29, 0.717) is 29.5 Å². The van der Waals surface area contributed by atoms with Crippen molar-refractivity contribution in [3.8, 4) is 28.5 Å². The molecule has 0 fully saturated rings. The Kier molecular flexibility index (Phi) is 6.83. The first-order chi connectivity index (χ1) is 16.4. The normalized spacial score (nSPS) is 13.7. The fourth-order valence-corrected chi connectivity index (χ4v) is 4.28.